The second-order valence-corrected chi connectivity index (χ2v) is 5.25. The van der Waals surface area contributed by atoms with Crippen LogP contribution in [0, 0.1) is 6.92 Å². The van der Waals surface area contributed by atoms with Crippen molar-refractivity contribution in [1.82, 2.24) is 4.90 Å². The summed E-state index contributed by atoms with van der Waals surface area (Å²) in [6, 6.07) is 6.00. The van der Waals surface area contributed by atoms with E-state index < -0.39 is 5.60 Å². The number of anilines is 1. The Kier molecular flexibility index (Phi) is 4.54. The third-order valence-corrected chi connectivity index (χ3v) is 2.94. The van der Waals surface area contributed by atoms with Gasteiger partial charge in [-0.2, -0.15) is 0 Å². The average molecular weight is 236 g/mol. The topological polar surface area (TPSA) is 49.5 Å². The molecule has 17 heavy (non-hydrogen) atoms. The van der Waals surface area contributed by atoms with Crippen molar-refractivity contribution in [3.05, 3.63) is 29.3 Å². The van der Waals surface area contributed by atoms with E-state index in [4.69, 9.17) is 5.73 Å². The Bertz CT molecular complexity index is 369. The molecule has 0 bridgehead atoms. The van der Waals surface area contributed by atoms with Gasteiger partial charge in [0.05, 0.1) is 5.60 Å². The van der Waals surface area contributed by atoms with E-state index in [1.165, 1.54) is 5.56 Å². The number of nitrogens with two attached hydrogens (primary N) is 1. The fraction of sp³-hybridized carbons (Fsp3) is 0.571. The highest BCUT2D eigenvalue weighted by Crippen LogP contribution is 2.18. The van der Waals surface area contributed by atoms with Gasteiger partial charge in [0.2, 0.25) is 0 Å². The van der Waals surface area contributed by atoms with Crippen molar-refractivity contribution in [2.24, 2.45) is 0 Å². The molecule has 0 fully saturated rings. The minimum absolute atomic E-state index is 0.662. The molecule has 0 radical (unpaired) electrons. The molecule has 0 amide bonds. The Morgan fingerprint density at radius 1 is 1.35 bits per heavy atom. The minimum atomic E-state index is -0.662. The third-order valence-electron chi connectivity index (χ3n) is 2.94. The highest BCUT2D eigenvalue weighted by Gasteiger charge is 2.17. The van der Waals surface area contributed by atoms with Crippen LogP contribution in [0.2, 0.25) is 0 Å². The van der Waals surface area contributed by atoms with Crippen LogP contribution in [0.25, 0.3) is 0 Å². The smallest absolute Gasteiger partial charge is 0.0718 e. The predicted octanol–water partition coefficient (Wildman–Crippen LogP) is 2.17. The van der Waals surface area contributed by atoms with Crippen molar-refractivity contribution < 1.29 is 5.11 Å². The van der Waals surface area contributed by atoms with Gasteiger partial charge >= 0.3 is 0 Å². The number of hydrogen-bond acceptors (Lipinski definition) is 3. The molecule has 3 heteroatoms. The van der Waals surface area contributed by atoms with Crippen LogP contribution in [0.15, 0.2) is 18.2 Å². The summed E-state index contributed by atoms with van der Waals surface area (Å²) >= 11 is 0. The SMILES string of the molecule is CCN(Cc1cccc(N)c1C)CC(C)(C)O. The van der Waals surface area contributed by atoms with Crippen LogP contribution >= 0.6 is 0 Å². The lowest BCUT2D eigenvalue weighted by atomic mass is 10.0. The normalized spacial score (nSPS) is 12.1. The Morgan fingerprint density at radius 2 is 2.00 bits per heavy atom. The van der Waals surface area contributed by atoms with E-state index in [0.717, 1.165) is 24.3 Å². The quantitative estimate of drug-likeness (QED) is 0.770. The molecule has 3 N–H and O–H groups in total. The van der Waals surface area contributed by atoms with Crippen LogP contribution in [-0.4, -0.2) is 28.7 Å². The minimum Gasteiger partial charge on any atom is -0.399 e. The summed E-state index contributed by atoms with van der Waals surface area (Å²) in [5, 5.41) is 9.85. The van der Waals surface area contributed by atoms with E-state index in [-0.39, 0.29) is 0 Å². The van der Waals surface area contributed by atoms with Gasteiger partial charge in [0.15, 0.2) is 0 Å². The highest BCUT2D eigenvalue weighted by atomic mass is 16.3. The van der Waals surface area contributed by atoms with Crippen molar-refractivity contribution in [2.75, 3.05) is 18.8 Å². The van der Waals surface area contributed by atoms with Gasteiger partial charge in [0.1, 0.15) is 0 Å². The first-order valence-electron chi connectivity index (χ1n) is 6.12. The van der Waals surface area contributed by atoms with E-state index in [9.17, 15) is 5.11 Å². The largest absolute Gasteiger partial charge is 0.399 e. The molecule has 0 unspecified atom stereocenters. The summed E-state index contributed by atoms with van der Waals surface area (Å²) in [6.45, 7) is 10.2. The molecule has 1 aromatic carbocycles. The van der Waals surface area contributed by atoms with Crippen LogP contribution < -0.4 is 5.73 Å². The number of aliphatic hydroxyl groups is 1. The van der Waals surface area contributed by atoms with Crippen molar-refractivity contribution in [1.29, 1.82) is 0 Å². The van der Waals surface area contributed by atoms with Gasteiger partial charge < -0.3 is 10.8 Å². The van der Waals surface area contributed by atoms with Gasteiger partial charge in [-0.05, 0) is 44.5 Å². The zero-order valence-corrected chi connectivity index (χ0v) is 11.3. The molecule has 0 aliphatic rings. The van der Waals surface area contributed by atoms with Gasteiger partial charge in [0.25, 0.3) is 0 Å². The summed E-state index contributed by atoms with van der Waals surface area (Å²) in [6.07, 6.45) is 0. The molecule has 96 valence electrons. The van der Waals surface area contributed by atoms with Crippen LogP contribution in [0.3, 0.4) is 0 Å². The molecular weight excluding hydrogens is 212 g/mol. The van der Waals surface area contributed by atoms with E-state index in [2.05, 4.69) is 17.9 Å². The van der Waals surface area contributed by atoms with Gasteiger partial charge in [-0.1, -0.05) is 19.1 Å². The molecule has 0 heterocycles. The van der Waals surface area contributed by atoms with Gasteiger partial charge in [-0.15, -0.1) is 0 Å². The molecule has 1 rings (SSSR count). The van der Waals surface area contributed by atoms with Crippen LogP contribution in [0.5, 0.6) is 0 Å². The first kappa shape index (κ1) is 14.0. The fourth-order valence-electron chi connectivity index (χ4n) is 1.94. The second-order valence-electron chi connectivity index (χ2n) is 5.25. The molecular formula is C14H24N2O. The molecule has 0 aliphatic heterocycles. The molecule has 0 atom stereocenters. The summed E-state index contributed by atoms with van der Waals surface area (Å²) < 4.78 is 0. The van der Waals surface area contributed by atoms with Crippen LogP contribution in [0.1, 0.15) is 31.9 Å². The van der Waals surface area contributed by atoms with E-state index >= 15 is 0 Å². The number of rotatable bonds is 5. The van der Waals surface area contributed by atoms with Crippen molar-refractivity contribution in [3.63, 3.8) is 0 Å². The molecule has 0 aromatic heterocycles. The fourth-order valence-corrected chi connectivity index (χ4v) is 1.94. The number of nitrogens with zero attached hydrogens (tertiary/aromatic N) is 1. The zero-order valence-electron chi connectivity index (χ0n) is 11.3. The highest BCUT2D eigenvalue weighted by molar-refractivity contribution is 5.49. The molecule has 0 saturated heterocycles. The molecule has 0 saturated carbocycles. The first-order chi connectivity index (χ1) is 7.83. The maximum atomic E-state index is 9.85. The van der Waals surface area contributed by atoms with Crippen molar-refractivity contribution in [2.45, 2.75) is 39.8 Å². The van der Waals surface area contributed by atoms with Crippen molar-refractivity contribution in [3.8, 4) is 0 Å². The monoisotopic (exact) mass is 236 g/mol. The standard InChI is InChI=1S/C14H24N2O/c1-5-16(10-14(3,4)17)9-12-7-6-8-13(15)11(12)2/h6-8,17H,5,9-10,15H2,1-4H3. The lowest BCUT2D eigenvalue weighted by molar-refractivity contribution is 0.0353. The lowest BCUT2D eigenvalue weighted by Crippen LogP contribution is -2.38. The second kappa shape index (κ2) is 5.52. The Morgan fingerprint density at radius 3 is 2.53 bits per heavy atom. The zero-order chi connectivity index (χ0) is 13.1. The van der Waals surface area contributed by atoms with Crippen LogP contribution in [-0.2, 0) is 6.54 Å². The number of benzene rings is 1. The molecule has 1 aromatic rings. The summed E-state index contributed by atoms with van der Waals surface area (Å²) in [5.74, 6) is 0. The Hall–Kier alpha value is -1.06. The van der Waals surface area contributed by atoms with E-state index in [1.807, 2.05) is 32.9 Å². The van der Waals surface area contributed by atoms with Gasteiger partial charge in [0, 0.05) is 18.8 Å². The maximum Gasteiger partial charge on any atom is 0.0718 e. The predicted molar refractivity (Wildman–Crippen MR) is 72.8 cm³/mol. The van der Waals surface area contributed by atoms with Gasteiger partial charge in [-0.3, -0.25) is 4.90 Å². The molecule has 3 nitrogen and oxygen atoms in total. The average Bonchev–Trinajstić information content (AvgIpc) is 2.21. The number of likely N-dealkylation sites (N-methyl/N-ethyl adjacent to an activating group) is 1. The van der Waals surface area contributed by atoms with E-state index in [1.54, 1.807) is 0 Å². The van der Waals surface area contributed by atoms with Gasteiger partial charge in [-0.25, -0.2) is 0 Å². The maximum absolute atomic E-state index is 9.85. The lowest BCUT2D eigenvalue weighted by Gasteiger charge is -2.28. The summed E-state index contributed by atoms with van der Waals surface area (Å²) in [4.78, 5) is 2.22. The first-order valence-corrected chi connectivity index (χ1v) is 6.12. The number of nitrogen functional groups attached to an aromatic ring is 1. The summed E-state index contributed by atoms with van der Waals surface area (Å²) in [5.41, 5.74) is 8.44. The summed E-state index contributed by atoms with van der Waals surface area (Å²) in [7, 11) is 0. The van der Waals surface area contributed by atoms with Crippen molar-refractivity contribution >= 4 is 5.69 Å². The Balaban J connectivity index is 2.77. The number of hydrogen-bond donors (Lipinski definition) is 2. The van der Waals surface area contributed by atoms with E-state index in [0.29, 0.717) is 6.54 Å². The van der Waals surface area contributed by atoms with Crippen LogP contribution in [0.4, 0.5) is 5.69 Å². The third kappa shape index (κ3) is 4.36. The molecule has 0 spiro atoms. The Labute approximate surface area is 104 Å². The molecule has 0 aliphatic carbocycles.